The molecule has 2 atom stereocenters. The minimum absolute atomic E-state index is 0.757. The van der Waals surface area contributed by atoms with Crippen LogP contribution in [0.3, 0.4) is 0 Å². The monoisotopic (exact) mass is 277 g/mol. The Labute approximate surface area is 121 Å². The van der Waals surface area contributed by atoms with Crippen molar-refractivity contribution in [1.29, 1.82) is 0 Å². The third-order valence-corrected chi connectivity index (χ3v) is 5.47. The van der Waals surface area contributed by atoms with Crippen LogP contribution in [0.4, 0.5) is 0 Å². The van der Waals surface area contributed by atoms with E-state index >= 15 is 0 Å². The normalized spacial score (nSPS) is 33.9. The van der Waals surface area contributed by atoms with Crippen LogP contribution in [0, 0.1) is 17.8 Å². The summed E-state index contributed by atoms with van der Waals surface area (Å²) < 4.78 is 0. The van der Waals surface area contributed by atoms with Crippen LogP contribution in [0.15, 0.2) is 24.3 Å². The zero-order chi connectivity index (χ0) is 13.4. The van der Waals surface area contributed by atoms with Gasteiger partial charge < -0.3 is 4.90 Å². The van der Waals surface area contributed by atoms with E-state index in [1.165, 1.54) is 37.8 Å². The highest BCUT2D eigenvalue weighted by molar-refractivity contribution is 6.30. The fourth-order valence-electron chi connectivity index (χ4n) is 4.46. The summed E-state index contributed by atoms with van der Waals surface area (Å²) in [6.07, 6.45) is 5.77. The average Bonchev–Trinajstić information content (AvgIpc) is 2.41. The molecule has 1 nitrogen and oxygen atoms in total. The van der Waals surface area contributed by atoms with E-state index in [4.69, 9.17) is 11.6 Å². The molecular formula is C17H24ClN. The highest BCUT2D eigenvalue weighted by Crippen LogP contribution is 2.53. The lowest BCUT2D eigenvalue weighted by Gasteiger charge is -2.50. The molecule has 4 rings (SSSR count). The Balaban J connectivity index is 1.89. The van der Waals surface area contributed by atoms with Crippen LogP contribution < -0.4 is 0 Å². The van der Waals surface area contributed by atoms with Crippen molar-refractivity contribution in [3.8, 4) is 0 Å². The molecule has 0 aliphatic heterocycles. The molecule has 1 aromatic rings. The summed E-state index contributed by atoms with van der Waals surface area (Å²) in [6, 6.07) is 8.64. The van der Waals surface area contributed by atoms with Gasteiger partial charge in [-0.05, 0) is 81.1 Å². The fraction of sp³-hybridized carbons (Fsp3) is 0.647. The van der Waals surface area contributed by atoms with Crippen LogP contribution in [0.2, 0.25) is 5.02 Å². The van der Waals surface area contributed by atoms with Gasteiger partial charge in [0.2, 0.25) is 0 Å². The maximum absolute atomic E-state index is 6.04. The van der Waals surface area contributed by atoms with Crippen LogP contribution in [-0.2, 0) is 0 Å². The molecule has 3 fully saturated rings. The molecule has 0 saturated heterocycles. The molecule has 3 saturated carbocycles. The molecule has 0 N–H and O–H groups in total. The third-order valence-electron chi connectivity index (χ3n) is 5.22. The van der Waals surface area contributed by atoms with Crippen molar-refractivity contribution in [1.82, 2.24) is 4.90 Å². The van der Waals surface area contributed by atoms with Gasteiger partial charge in [0.25, 0.3) is 0 Å². The maximum Gasteiger partial charge on any atom is 0.0406 e. The summed E-state index contributed by atoms with van der Waals surface area (Å²) in [6.45, 7) is 1.23. The van der Waals surface area contributed by atoms with E-state index in [2.05, 4.69) is 43.3 Å². The van der Waals surface area contributed by atoms with E-state index in [0.29, 0.717) is 0 Å². The molecule has 0 heterocycles. The van der Waals surface area contributed by atoms with Crippen molar-refractivity contribution in [2.45, 2.75) is 31.6 Å². The third kappa shape index (κ3) is 2.68. The number of halogens is 1. The highest BCUT2D eigenvalue weighted by Gasteiger charge is 2.43. The molecule has 104 valence electrons. The fourth-order valence-corrected chi connectivity index (χ4v) is 4.59. The zero-order valence-corrected chi connectivity index (χ0v) is 12.7. The van der Waals surface area contributed by atoms with Gasteiger partial charge in [-0.2, -0.15) is 0 Å². The van der Waals surface area contributed by atoms with Gasteiger partial charge in [-0.15, -0.1) is 0 Å². The second-order valence-corrected chi connectivity index (χ2v) is 7.11. The van der Waals surface area contributed by atoms with Crippen molar-refractivity contribution in [2.75, 3.05) is 20.6 Å². The molecule has 3 aliphatic rings. The smallest absolute Gasteiger partial charge is 0.0406 e. The van der Waals surface area contributed by atoms with E-state index in [0.717, 1.165) is 28.7 Å². The Morgan fingerprint density at radius 3 is 2.16 bits per heavy atom. The minimum Gasteiger partial charge on any atom is -0.309 e. The van der Waals surface area contributed by atoms with E-state index in [-0.39, 0.29) is 0 Å². The Hall–Kier alpha value is -0.530. The lowest BCUT2D eigenvalue weighted by molar-refractivity contribution is 0.0507. The lowest BCUT2D eigenvalue weighted by atomic mass is 9.57. The van der Waals surface area contributed by atoms with E-state index in [9.17, 15) is 0 Å². The van der Waals surface area contributed by atoms with Gasteiger partial charge in [-0.1, -0.05) is 23.7 Å². The maximum atomic E-state index is 6.04. The SMILES string of the molecule is CN(C)C[C@@H]1C2CCC(CC2)[C@@H]1c1ccc(Cl)cc1. The average molecular weight is 278 g/mol. The molecule has 0 radical (unpaired) electrons. The highest BCUT2D eigenvalue weighted by atomic mass is 35.5. The van der Waals surface area contributed by atoms with Gasteiger partial charge in [0.15, 0.2) is 0 Å². The molecular weight excluding hydrogens is 254 g/mol. The first kappa shape index (κ1) is 13.5. The molecule has 3 aliphatic carbocycles. The van der Waals surface area contributed by atoms with Crippen molar-refractivity contribution in [3.05, 3.63) is 34.9 Å². The summed E-state index contributed by atoms with van der Waals surface area (Å²) in [5.74, 6) is 3.43. The van der Waals surface area contributed by atoms with E-state index in [1.807, 2.05) is 0 Å². The molecule has 2 heteroatoms. The number of rotatable bonds is 3. The van der Waals surface area contributed by atoms with Crippen molar-refractivity contribution >= 4 is 11.6 Å². The second-order valence-electron chi connectivity index (χ2n) is 6.68. The number of hydrogen-bond donors (Lipinski definition) is 0. The summed E-state index contributed by atoms with van der Waals surface area (Å²) in [4.78, 5) is 2.37. The van der Waals surface area contributed by atoms with Crippen LogP contribution in [0.5, 0.6) is 0 Å². The summed E-state index contributed by atoms with van der Waals surface area (Å²) in [5, 5.41) is 0.855. The van der Waals surface area contributed by atoms with Gasteiger partial charge >= 0.3 is 0 Å². The summed E-state index contributed by atoms with van der Waals surface area (Å²) in [7, 11) is 4.42. The van der Waals surface area contributed by atoms with Gasteiger partial charge in [-0.3, -0.25) is 0 Å². The Bertz CT molecular complexity index is 417. The van der Waals surface area contributed by atoms with Crippen LogP contribution in [-0.4, -0.2) is 25.5 Å². The van der Waals surface area contributed by atoms with Crippen LogP contribution in [0.25, 0.3) is 0 Å². The van der Waals surface area contributed by atoms with E-state index < -0.39 is 0 Å². The Kier molecular flexibility index (Phi) is 3.86. The van der Waals surface area contributed by atoms with Gasteiger partial charge in [-0.25, -0.2) is 0 Å². The Morgan fingerprint density at radius 2 is 1.58 bits per heavy atom. The molecule has 0 unspecified atom stereocenters. The molecule has 0 amide bonds. The molecule has 1 aromatic carbocycles. The molecule has 0 spiro atoms. The second kappa shape index (κ2) is 5.46. The standard InChI is InChI=1S/C17H24ClN/c1-19(2)11-16-12-3-5-13(6-4-12)17(16)14-7-9-15(18)10-8-14/h7-10,12-13,16-17H,3-6,11H2,1-2H3/t12?,13?,16-,17-/m1/s1. The van der Waals surface area contributed by atoms with Gasteiger partial charge in [0.1, 0.15) is 0 Å². The van der Waals surface area contributed by atoms with E-state index in [1.54, 1.807) is 0 Å². The predicted molar refractivity (Wildman–Crippen MR) is 81.7 cm³/mol. The van der Waals surface area contributed by atoms with Crippen molar-refractivity contribution in [3.63, 3.8) is 0 Å². The molecule has 0 aromatic heterocycles. The largest absolute Gasteiger partial charge is 0.309 e. The van der Waals surface area contributed by atoms with Crippen LogP contribution in [0.1, 0.15) is 37.2 Å². The topological polar surface area (TPSA) is 3.24 Å². The number of fused-ring (bicyclic) bond motifs is 3. The Morgan fingerprint density at radius 1 is 1.00 bits per heavy atom. The quantitative estimate of drug-likeness (QED) is 0.790. The first-order valence-corrected chi connectivity index (χ1v) is 7.93. The van der Waals surface area contributed by atoms with Crippen LogP contribution >= 0.6 is 11.6 Å². The summed E-state index contributed by atoms with van der Waals surface area (Å²) in [5.41, 5.74) is 1.52. The van der Waals surface area contributed by atoms with Gasteiger partial charge in [0.05, 0.1) is 0 Å². The number of benzene rings is 1. The number of nitrogens with zero attached hydrogens (tertiary/aromatic N) is 1. The predicted octanol–water partition coefficient (Wildman–Crippen LogP) is 4.42. The first-order valence-electron chi connectivity index (χ1n) is 7.55. The minimum atomic E-state index is 0.757. The molecule has 2 bridgehead atoms. The van der Waals surface area contributed by atoms with Crippen molar-refractivity contribution < 1.29 is 0 Å². The summed E-state index contributed by atoms with van der Waals surface area (Å²) >= 11 is 6.04. The first-order chi connectivity index (χ1) is 9.15. The number of hydrogen-bond acceptors (Lipinski definition) is 1. The van der Waals surface area contributed by atoms with Gasteiger partial charge in [0, 0.05) is 11.6 Å². The van der Waals surface area contributed by atoms with Crippen molar-refractivity contribution in [2.24, 2.45) is 17.8 Å². The molecule has 19 heavy (non-hydrogen) atoms. The zero-order valence-electron chi connectivity index (χ0n) is 12.0. The lowest BCUT2D eigenvalue weighted by Crippen LogP contribution is -2.43.